The van der Waals surface area contributed by atoms with E-state index in [0.717, 1.165) is 12.2 Å². The average molecular weight is 258 g/mol. The number of allylic oxidation sites excluding steroid dienone is 2. The molecule has 0 saturated heterocycles. The van der Waals surface area contributed by atoms with Gasteiger partial charge in [0.1, 0.15) is 12.4 Å². The molecule has 1 heteroatoms. The normalized spacial score (nSPS) is 18.1. The predicted octanol–water partition coefficient (Wildman–Crippen LogP) is 4.38. The van der Waals surface area contributed by atoms with E-state index in [9.17, 15) is 0 Å². The Morgan fingerprint density at radius 1 is 1.20 bits per heavy atom. The van der Waals surface area contributed by atoms with E-state index in [-0.39, 0.29) is 0 Å². The van der Waals surface area contributed by atoms with Crippen molar-refractivity contribution in [3.8, 4) is 18.1 Å². The summed E-state index contributed by atoms with van der Waals surface area (Å²) in [6.07, 6.45) is 15.4. The molecule has 2 aliphatic carbocycles. The van der Waals surface area contributed by atoms with Crippen LogP contribution in [0.1, 0.15) is 29.0 Å². The van der Waals surface area contributed by atoms with Crippen LogP contribution in [0.25, 0.3) is 22.9 Å². The van der Waals surface area contributed by atoms with Crippen LogP contribution in [0.2, 0.25) is 0 Å². The van der Waals surface area contributed by atoms with Gasteiger partial charge in [0, 0.05) is 5.92 Å². The highest BCUT2D eigenvalue weighted by Crippen LogP contribution is 2.42. The van der Waals surface area contributed by atoms with Crippen LogP contribution >= 0.6 is 0 Å². The molecule has 0 amide bonds. The van der Waals surface area contributed by atoms with Crippen molar-refractivity contribution < 1.29 is 4.74 Å². The Balaban J connectivity index is 1.98. The van der Waals surface area contributed by atoms with Gasteiger partial charge in [0.05, 0.1) is 0 Å². The van der Waals surface area contributed by atoms with Crippen LogP contribution in [0.4, 0.5) is 0 Å². The lowest BCUT2D eigenvalue weighted by Gasteiger charge is -2.25. The van der Waals surface area contributed by atoms with Crippen molar-refractivity contribution >= 4 is 22.9 Å². The fourth-order valence-corrected chi connectivity index (χ4v) is 3.25. The van der Waals surface area contributed by atoms with Crippen molar-refractivity contribution in [1.29, 1.82) is 0 Å². The molecule has 0 aromatic heterocycles. The van der Waals surface area contributed by atoms with Crippen LogP contribution in [0.3, 0.4) is 0 Å². The predicted molar refractivity (Wildman–Crippen MR) is 83.7 cm³/mol. The summed E-state index contributed by atoms with van der Waals surface area (Å²) in [5, 5.41) is 2.60. The Bertz CT molecular complexity index is 803. The van der Waals surface area contributed by atoms with Gasteiger partial charge in [-0.05, 0) is 46.0 Å². The molecule has 0 radical (unpaired) electrons. The first-order chi connectivity index (χ1) is 9.86. The zero-order valence-electron chi connectivity index (χ0n) is 11.1. The molecular weight excluding hydrogens is 244 g/mol. The Morgan fingerprint density at radius 3 is 3.05 bits per heavy atom. The van der Waals surface area contributed by atoms with Crippen molar-refractivity contribution in [2.45, 2.75) is 12.3 Å². The lowest BCUT2D eigenvalue weighted by atomic mass is 9.79. The molecule has 0 spiro atoms. The molecule has 2 aromatic rings. The van der Waals surface area contributed by atoms with E-state index in [1.54, 1.807) is 0 Å². The fraction of sp³-hybridized carbons (Fsp3) is 0.158. The van der Waals surface area contributed by atoms with Crippen LogP contribution in [0.15, 0.2) is 36.4 Å². The number of terminal acetylenes is 1. The van der Waals surface area contributed by atoms with Crippen molar-refractivity contribution in [3.63, 3.8) is 0 Å². The minimum Gasteiger partial charge on any atom is -0.481 e. The monoisotopic (exact) mass is 258 g/mol. The first kappa shape index (κ1) is 11.4. The fourth-order valence-electron chi connectivity index (χ4n) is 3.25. The van der Waals surface area contributed by atoms with E-state index in [4.69, 9.17) is 11.2 Å². The van der Waals surface area contributed by atoms with Gasteiger partial charge >= 0.3 is 0 Å². The Kier molecular flexibility index (Phi) is 2.44. The molecule has 2 aromatic carbocycles. The third-order valence-electron chi connectivity index (χ3n) is 4.08. The molecule has 1 nitrogen and oxygen atoms in total. The second kappa shape index (κ2) is 4.28. The Labute approximate surface area is 118 Å². The summed E-state index contributed by atoms with van der Waals surface area (Å²) in [4.78, 5) is 0. The molecule has 20 heavy (non-hydrogen) atoms. The smallest absolute Gasteiger partial charge is 0.148 e. The number of ether oxygens (including phenoxy) is 1. The zero-order chi connectivity index (χ0) is 13.5. The van der Waals surface area contributed by atoms with Gasteiger partial charge in [-0.1, -0.05) is 42.4 Å². The molecule has 4 rings (SSSR count). The third kappa shape index (κ3) is 1.58. The largest absolute Gasteiger partial charge is 0.481 e. The minimum absolute atomic E-state index is 0.310. The van der Waals surface area contributed by atoms with Gasteiger partial charge in [0.2, 0.25) is 0 Å². The highest BCUT2D eigenvalue weighted by atomic mass is 16.5. The minimum atomic E-state index is 0.310. The number of hydrogen-bond donors (Lipinski definition) is 0. The SMILES string of the molecule is C#CCOc1cc2c3c4c(ccc3c1)C=CCC4C=C2. The quantitative estimate of drug-likeness (QED) is 0.726. The lowest BCUT2D eigenvalue weighted by Crippen LogP contribution is -2.06. The second-order valence-corrected chi connectivity index (χ2v) is 5.28. The van der Waals surface area contributed by atoms with Gasteiger partial charge in [-0.25, -0.2) is 0 Å². The summed E-state index contributed by atoms with van der Waals surface area (Å²) in [6, 6.07) is 8.55. The summed E-state index contributed by atoms with van der Waals surface area (Å²) in [7, 11) is 0. The van der Waals surface area contributed by atoms with Crippen molar-refractivity contribution in [2.75, 3.05) is 6.61 Å². The highest BCUT2D eigenvalue weighted by molar-refractivity contribution is 5.99. The standard InChI is InChI=1S/C19H14O/c1-2-10-20-17-11-15-8-6-13-4-3-5-14-7-9-16(12-17)19(15)18(13)14/h1,3-4,6-9,11-12,14H,5,10H2. The molecule has 0 saturated carbocycles. The van der Waals surface area contributed by atoms with Gasteiger partial charge in [-0.15, -0.1) is 6.42 Å². The molecule has 0 fully saturated rings. The molecule has 1 atom stereocenters. The van der Waals surface area contributed by atoms with Crippen molar-refractivity contribution in [1.82, 2.24) is 0 Å². The topological polar surface area (TPSA) is 9.23 Å². The number of benzene rings is 2. The van der Waals surface area contributed by atoms with Gasteiger partial charge in [0.15, 0.2) is 0 Å². The third-order valence-corrected chi connectivity index (χ3v) is 4.08. The maximum atomic E-state index is 5.58. The highest BCUT2D eigenvalue weighted by Gasteiger charge is 2.22. The molecule has 0 heterocycles. The van der Waals surface area contributed by atoms with E-state index in [1.165, 1.54) is 27.5 Å². The molecule has 1 unspecified atom stereocenters. The van der Waals surface area contributed by atoms with Crippen LogP contribution in [0, 0.1) is 12.3 Å². The molecule has 2 aliphatic rings. The summed E-state index contributed by atoms with van der Waals surface area (Å²) < 4.78 is 5.58. The Hall–Kier alpha value is -2.46. The van der Waals surface area contributed by atoms with Crippen molar-refractivity contribution in [3.05, 3.63) is 53.1 Å². The van der Waals surface area contributed by atoms with E-state index < -0.39 is 0 Å². The van der Waals surface area contributed by atoms with Gasteiger partial charge < -0.3 is 4.74 Å². The average Bonchev–Trinajstić information content (AvgIpc) is 2.50. The summed E-state index contributed by atoms with van der Waals surface area (Å²) >= 11 is 0. The molecule has 96 valence electrons. The van der Waals surface area contributed by atoms with Gasteiger partial charge in [-0.2, -0.15) is 0 Å². The lowest BCUT2D eigenvalue weighted by molar-refractivity contribution is 0.371. The molecule has 0 bridgehead atoms. The van der Waals surface area contributed by atoms with Crippen LogP contribution < -0.4 is 4.74 Å². The zero-order valence-corrected chi connectivity index (χ0v) is 11.1. The molecule has 0 aliphatic heterocycles. The van der Waals surface area contributed by atoms with Gasteiger partial charge in [-0.3, -0.25) is 0 Å². The Morgan fingerprint density at radius 2 is 2.15 bits per heavy atom. The van der Waals surface area contributed by atoms with Crippen LogP contribution in [0.5, 0.6) is 5.75 Å². The van der Waals surface area contributed by atoms with E-state index in [0.29, 0.717) is 12.5 Å². The van der Waals surface area contributed by atoms with Crippen LogP contribution in [-0.2, 0) is 0 Å². The first-order valence-electron chi connectivity index (χ1n) is 6.88. The first-order valence-corrected chi connectivity index (χ1v) is 6.88. The van der Waals surface area contributed by atoms with Crippen molar-refractivity contribution in [2.24, 2.45) is 0 Å². The van der Waals surface area contributed by atoms with Gasteiger partial charge in [0.25, 0.3) is 0 Å². The number of hydrogen-bond acceptors (Lipinski definition) is 1. The molecular formula is C19H14O. The maximum absolute atomic E-state index is 5.58. The summed E-state index contributed by atoms with van der Waals surface area (Å²) in [5.74, 6) is 3.88. The number of rotatable bonds is 2. The van der Waals surface area contributed by atoms with Crippen LogP contribution in [-0.4, -0.2) is 6.61 Å². The maximum Gasteiger partial charge on any atom is 0.148 e. The van der Waals surface area contributed by atoms with E-state index in [2.05, 4.69) is 54.5 Å². The van der Waals surface area contributed by atoms with E-state index >= 15 is 0 Å². The van der Waals surface area contributed by atoms with E-state index in [1.807, 2.05) is 0 Å². The summed E-state index contributed by atoms with van der Waals surface area (Å²) in [5.41, 5.74) is 4.04. The summed E-state index contributed by atoms with van der Waals surface area (Å²) in [6.45, 7) is 0.310. The molecule has 0 N–H and O–H groups in total. The second-order valence-electron chi connectivity index (χ2n) is 5.28.